The van der Waals surface area contributed by atoms with Gasteiger partial charge in [-0.15, -0.1) is 0 Å². The van der Waals surface area contributed by atoms with Crippen LogP contribution in [0.3, 0.4) is 0 Å². The molecule has 4 heterocycles. The lowest BCUT2D eigenvalue weighted by atomic mass is 10.1. The maximum absolute atomic E-state index is 12.8. The topological polar surface area (TPSA) is 81.3 Å². The molecule has 0 radical (unpaired) electrons. The number of aryl methyl sites for hydroxylation is 1. The Labute approximate surface area is 152 Å². The van der Waals surface area contributed by atoms with Gasteiger partial charge in [-0.25, -0.2) is 4.98 Å². The van der Waals surface area contributed by atoms with Gasteiger partial charge < -0.3 is 4.90 Å². The van der Waals surface area contributed by atoms with E-state index in [2.05, 4.69) is 26.0 Å². The van der Waals surface area contributed by atoms with E-state index in [1.807, 2.05) is 19.3 Å². The molecule has 1 atom stereocenters. The number of piperazine rings is 1. The summed E-state index contributed by atoms with van der Waals surface area (Å²) in [6.45, 7) is 3.81. The van der Waals surface area contributed by atoms with Crippen molar-refractivity contribution in [2.45, 2.75) is 12.5 Å². The number of carbonyl (C=O) groups is 1. The Hall–Kier alpha value is -2.92. The Bertz CT molecular complexity index is 847. The Morgan fingerprint density at radius 2 is 2.00 bits per heavy atom. The third-order valence-electron chi connectivity index (χ3n) is 5.12. The lowest BCUT2D eigenvalue weighted by molar-refractivity contribution is -0.121. The van der Waals surface area contributed by atoms with E-state index >= 15 is 0 Å². The van der Waals surface area contributed by atoms with Gasteiger partial charge >= 0.3 is 0 Å². The lowest BCUT2D eigenvalue weighted by Gasteiger charge is -2.37. The van der Waals surface area contributed by atoms with E-state index in [1.54, 1.807) is 27.9 Å². The molecule has 0 aliphatic carbocycles. The van der Waals surface area contributed by atoms with Crippen LogP contribution in [0.5, 0.6) is 0 Å². The van der Waals surface area contributed by atoms with Crippen molar-refractivity contribution < 1.29 is 4.79 Å². The molecule has 0 N–H and O–H groups in total. The maximum atomic E-state index is 12.8. The predicted octanol–water partition coefficient (Wildman–Crippen LogP) is 0.614. The van der Waals surface area contributed by atoms with Crippen molar-refractivity contribution in [3.8, 4) is 6.07 Å². The fraction of sp³-hybridized carbons (Fsp3) is 0.444. The van der Waals surface area contributed by atoms with Gasteiger partial charge in [0, 0.05) is 58.2 Å². The van der Waals surface area contributed by atoms with Gasteiger partial charge in [-0.1, -0.05) is 0 Å². The van der Waals surface area contributed by atoms with E-state index < -0.39 is 0 Å². The van der Waals surface area contributed by atoms with E-state index in [-0.39, 0.29) is 11.9 Å². The molecule has 4 rings (SSSR count). The molecule has 1 unspecified atom stereocenters. The highest BCUT2D eigenvalue weighted by molar-refractivity contribution is 5.98. The Morgan fingerprint density at radius 1 is 1.19 bits per heavy atom. The van der Waals surface area contributed by atoms with Gasteiger partial charge in [-0.3, -0.25) is 19.3 Å². The molecule has 2 aromatic rings. The molecule has 0 spiro atoms. The molecule has 134 valence electrons. The van der Waals surface area contributed by atoms with E-state index in [9.17, 15) is 10.1 Å². The first-order valence-electron chi connectivity index (χ1n) is 8.82. The summed E-state index contributed by atoms with van der Waals surface area (Å²) in [5.41, 5.74) is 0.596. The summed E-state index contributed by atoms with van der Waals surface area (Å²) in [6.07, 6.45) is 4.39. The van der Waals surface area contributed by atoms with Gasteiger partial charge in [0.15, 0.2) is 5.82 Å². The average Bonchev–Trinajstić information content (AvgIpc) is 3.27. The van der Waals surface area contributed by atoms with E-state index in [4.69, 9.17) is 0 Å². The van der Waals surface area contributed by atoms with Gasteiger partial charge in [0.1, 0.15) is 11.9 Å². The number of carbonyl (C=O) groups excluding carboxylic acids is 1. The summed E-state index contributed by atoms with van der Waals surface area (Å²) in [6, 6.07) is 7.57. The largest absolute Gasteiger partial charge is 0.353 e. The molecule has 0 aromatic carbocycles. The number of hydrogen-bond acceptors (Lipinski definition) is 6. The number of rotatable bonds is 3. The number of anilines is 2. The van der Waals surface area contributed by atoms with Crippen LogP contribution in [0, 0.1) is 11.3 Å². The third kappa shape index (κ3) is 2.91. The zero-order valence-electron chi connectivity index (χ0n) is 14.7. The molecular formula is C18H21N7O. The molecule has 8 heteroatoms. The SMILES string of the molecule is Cn1ccc(N2CCC(N3CCN(c4ncccc4C#N)CC3)C2=O)n1. The minimum atomic E-state index is -0.0849. The Morgan fingerprint density at radius 3 is 2.69 bits per heavy atom. The summed E-state index contributed by atoms with van der Waals surface area (Å²) in [5, 5.41) is 13.6. The fourth-order valence-electron chi connectivity index (χ4n) is 3.76. The predicted molar refractivity (Wildman–Crippen MR) is 96.7 cm³/mol. The molecule has 0 bridgehead atoms. The minimum absolute atomic E-state index is 0.0849. The molecule has 2 aliphatic rings. The molecular weight excluding hydrogens is 330 g/mol. The van der Waals surface area contributed by atoms with Crippen molar-refractivity contribution in [1.82, 2.24) is 19.7 Å². The van der Waals surface area contributed by atoms with Crippen LogP contribution in [-0.4, -0.2) is 64.3 Å². The summed E-state index contributed by atoms with van der Waals surface area (Å²) in [4.78, 5) is 23.4. The molecule has 2 saturated heterocycles. The maximum Gasteiger partial charge on any atom is 0.245 e. The van der Waals surface area contributed by atoms with E-state index in [0.717, 1.165) is 44.2 Å². The summed E-state index contributed by atoms with van der Waals surface area (Å²) < 4.78 is 1.72. The van der Waals surface area contributed by atoms with Gasteiger partial charge in [0.2, 0.25) is 5.91 Å². The Kier molecular flexibility index (Phi) is 4.31. The highest BCUT2D eigenvalue weighted by atomic mass is 16.2. The van der Waals surface area contributed by atoms with Crippen LogP contribution in [0.15, 0.2) is 30.6 Å². The van der Waals surface area contributed by atoms with Crippen LogP contribution in [0.2, 0.25) is 0 Å². The molecule has 8 nitrogen and oxygen atoms in total. The van der Waals surface area contributed by atoms with Crippen LogP contribution >= 0.6 is 0 Å². The number of pyridine rings is 1. The first kappa shape index (κ1) is 16.5. The minimum Gasteiger partial charge on any atom is -0.353 e. The second-order valence-corrected chi connectivity index (χ2v) is 6.65. The smallest absolute Gasteiger partial charge is 0.245 e. The zero-order chi connectivity index (χ0) is 18.1. The molecule has 2 aromatic heterocycles. The van der Waals surface area contributed by atoms with Gasteiger partial charge in [-0.2, -0.15) is 10.4 Å². The van der Waals surface area contributed by atoms with Crippen LogP contribution in [0.1, 0.15) is 12.0 Å². The second kappa shape index (κ2) is 6.77. The molecule has 2 aliphatic heterocycles. The average molecular weight is 351 g/mol. The first-order chi connectivity index (χ1) is 12.7. The normalized spacial score (nSPS) is 21.2. The number of hydrogen-bond donors (Lipinski definition) is 0. The van der Waals surface area contributed by atoms with Crippen molar-refractivity contribution in [3.05, 3.63) is 36.2 Å². The molecule has 0 saturated carbocycles. The number of aromatic nitrogens is 3. The molecule has 1 amide bonds. The first-order valence-corrected chi connectivity index (χ1v) is 8.82. The van der Waals surface area contributed by atoms with Crippen LogP contribution in [0.25, 0.3) is 0 Å². The summed E-state index contributed by atoms with van der Waals surface area (Å²) in [5.74, 6) is 1.60. The molecule has 26 heavy (non-hydrogen) atoms. The van der Waals surface area contributed by atoms with Crippen molar-refractivity contribution in [2.75, 3.05) is 42.5 Å². The van der Waals surface area contributed by atoms with E-state index in [0.29, 0.717) is 12.1 Å². The van der Waals surface area contributed by atoms with Crippen molar-refractivity contribution in [2.24, 2.45) is 7.05 Å². The quantitative estimate of drug-likeness (QED) is 0.806. The number of amides is 1. The van der Waals surface area contributed by atoms with Gasteiger partial charge in [-0.05, 0) is 18.6 Å². The van der Waals surface area contributed by atoms with E-state index in [1.165, 1.54) is 0 Å². The van der Waals surface area contributed by atoms with Crippen molar-refractivity contribution >= 4 is 17.5 Å². The fourth-order valence-corrected chi connectivity index (χ4v) is 3.76. The lowest BCUT2D eigenvalue weighted by Crippen LogP contribution is -2.53. The second-order valence-electron chi connectivity index (χ2n) is 6.65. The molecule has 2 fully saturated rings. The van der Waals surface area contributed by atoms with Crippen LogP contribution in [-0.2, 0) is 11.8 Å². The number of nitriles is 1. The highest BCUT2D eigenvalue weighted by Crippen LogP contribution is 2.25. The number of nitrogens with zero attached hydrogens (tertiary/aromatic N) is 7. The zero-order valence-corrected chi connectivity index (χ0v) is 14.7. The van der Waals surface area contributed by atoms with Crippen molar-refractivity contribution in [3.63, 3.8) is 0 Å². The van der Waals surface area contributed by atoms with Crippen LogP contribution < -0.4 is 9.80 Å². The monoisotopic (exact) mass is 351 g/mol. The highest BCUT2D eigenvalue weighted by Gasteiger charge is 2.38. The van der Waals surface area contributed by atoms with Gasteiger partial charge in [0.25, 0.3) is 0 Å². The third-order valence-corrected chi connectivity index (χ3v) is 5.12. The van der Waals surface area contributed by atoms with Crippen LogP contribution in [0.4, 0.5) is 11.6 Å². The Balaban J connectivity index is 1.41. The summed E-state index contributed by atoms with van der Waals surface area (Å²) in [7, 11) is 1.86. The van der Waals surface area contributed by atoms with Crippen molar-refractivity contribution in [1.29, 1.82) is 5.26 Å². The standard InChI is InChI=1S/C18H21N7O/c1-22-7-5-16(21-22)25-8-4-15(18(25)26)23-9-11-24(12-10-23)17-14(13-19)3-2-6-20-17/h2-3,5-7,15H,4,8-12H2,1H3. The summed E-state index contributed by atoms with van der Waals surface area (Å²) >= 11 is 0. The van der Waals surface area contributed by atoms with Gasteiger partial charge in [0.05, 0.1) is 11.6 Å².